The van der Waals surface area contributed by atoms with Gasteiger partial charge in [0.05, 0.1) is 17.0 Å². The van der Waals surface area contributed by atoms with Crippen LogP contribution in [0.25, 0.3) is 22.0 Å². The minimum Gasteiger partial charge on any atom is -0.487 e. The van der Waals surface area contributed by atoms with E-state index in [4.69, 9.17) is 4.74 Å². The molecular formula is C21H24N6O3. The van der Waals surface area contributed by atoms with Gasteiger partial charge in [-0.15, -0.1) is 0 Å². The van der Waals surface area contributed by atoms with E-state index in [9.17, 15) is 10.1 Å². The summed E-state index contributed by atoms with van der Waals surface area (Å²) in [7, 11) is 2.11. The Morgan fingerprint density at radius 2 is 1.87 bits per heavy atom. The highest BCUT2D eigenvalue weighted by atomic mass is 16.6. The molecule has 1 aromatic heterocycles. The molecule has 2 heterocycles. The Hall–Kier alpha value is -3.30. The lowest BCUT2D eigenvalue weighted by atomic mass is 10.0. The number of piperazine rings is 1. The molecule has 0 bridgehead atoms. The Morgan fingerprint density at radius 3 is 2.60 bits per heavy atom. The summed E-state index contributed by atoms with van der Waals surface area (Å²) in [6.07, 6.45) is 1.77. The van der Waals surface area contributed by atoms with E-state index in [0.717, 1.165) is 48.2 Å². The number of hydrazine groups is 1. The number of fused-ring (bicyclic) bond motifs is 1. The molecule has 3 aromatic rings. The molecule has 1 aliphatic heterocycles. The molecule has 0 saturated carbocycles. The van der Waals surface area contributed by atoms with Crippen molar-refractivity contribution < 1.29 is 9.66 Å². The average molecular weight is 408 g/mol. The lowest BCUT2D eigenvalue weighted by Gasteiger charge is -2.32. The van der Waals surface area contributed by atoms with Crippen molar-refractivity contribution in [2.24, 2.45) is 0 Å². The van der Waals surface area contributed by atoms with Gasteiger partial charge in [0, 0.05) is 43.8 Å². The largest absolute Gasteiger partial charge is 0.487 e. The van der Waals surface area contributed by atoms with Gasteiger partial charge in [0.2, 0.25) is 5.95 Å². The number of aromatic nitrogens is 2. The van der Waals surface area contributed by atoms with Crippen molar-refractivity contribution in [1.29, 1.82) is 0 Å². The van der Waals surface area contributed by atoms with E-state index in [1.165, 1.54) is 6.07 Å². The summed E-state index contributed by atoms with van der Waals surface area (Å²) in [5, 5.41) is 14.4. The molecular weight excluding hydrogens is 384 g/mol. The fourth-order valence-electron chi connectivity index (χ4n) is 3.44. The zero-order chi connectivity index (χ0) is 21.1. The highest BCUT2D eigenvalue weighted by Gasteiger charge is 2.17. The second-order valence-corrected chi connectivity index (χ2v) is 7.24. The van der Waals surface area contributed by atoms with Crippen LogP contribution in [0.5, 0.6) is 5.75 Å². The van der Waals surface area contributed by atoms with E-state index in [1.54, 1.807) is 19.2 Å². The van der Waals surface area contributed by atoms with Crippen LogP contribution in [0.2, 0.25) is 0 Å². The second kappa shape index (κ2) is 8.60. The van der Waals surface area contributed by atoms with Gasteiger partial charge in [-0.05, 0) is 43.3 Å². The van der Waals surface area contributed by atoms with Crippen molar-refractivity contribution in [3.05, 3.63) is 52.7 Å². The molecule has 0 atom stereocenters. The van der Waals surface area contributed by atoms with E-state index in [1.807, 2.05) is 24.3 Å². The van der Waals surface area contributed by atoms with E-state index in [-0.39, 0.29) is 11.4 Å². The molecule has 0 unspecified atom stereocenters. The minimum atomic E-state index is -0.422. The molecule has 156 valence electrons. The van der Waals surface area contributed by atoms with Gasteiger partial charge in [0.25, 0.3) is 0 Å². The van der Waals surface area contributed by atoms with E-state index < -0.39 is 4.92 Å². The van der Waals surface area contributed by atoms with Gasteiger partial charge in [0.15, 0.2) is 5.75 Å². The lowest BCUT2D eigenvalue weighted by molar-refractivity contribution is -0.385. The van der Waals surface area contributed by atoms with E-state index in [2.05, 4.69) is 32.4 Å². The van der Waals surface area contributed by atoms with Crippen molar-refractivity contribution in [1.82, 2.24) is 19.9 Å². The predicted octanol–water partition coefficient (Wildman–Crippen LogP) is 3.18. The molecule has 0 radical (unpaired) electrons. The number of nitrogens with zero attached hydrogens (tertiary/aromatic N) is 5. The molecule has 9 heteroatoms. The highest BCUT2D eigenvalue weighted by Crippen LogP contribution is 2.33. The predicted molar refractivity (Wildman–Crippen MR) is 115 cm³/mol. The molecule has 2 aromatic carbocycles. The van der Waals surface area contributed by atoms with Crippen molar-refractivity contribution in [2.45, 2.75) is 6.92 Å². The summed E-state index contributed by atoms with van der Waals surface area (Å²) >= 11 is 0. The first kappa shape index (κ1) is 20.0. The van der Waals surface area contributed by atoms with Crippen LogP contribution in [0.4, 0.5) is 11.6 Å². The SMILES string of the molecule is CCOc1ccc(-c2ccc3nc(NN4CCN(C)CC4)ncc3c2)cc1[N+](=O)[O-]. The summed E-state index contributed by atoms with van der Waals surface area (Å²) in [5.41, 5.74) is 5.64. The molecule has 0 aliphatic carbocycles. The molecule has 4 rings (SSSR count). The van der Waals surface area contributed by atoms with Crippen molar-refractivity contribution in [3.63, 3.8) is 0 Å². The minimum absolute atomic E-state index is 0.0441. The maximum atomic E-state index is 11.4. The number of nitro benzene ring substituents is 1. The zero-order valence-corrected chi connectivity index (χ0v) is 17.0. The van der Waals surface area contributed by atoms with Gasteiger partial charge in [0.1, 0.15) is 0 Å². The summed E-state index contributed by atoms with van der Waals surface area (Å²) in [6, 6.07) is 10.8. The number of hydrogen-bond acceptors (Lipinski definition) is 8. The number of hydrogen-bond donors (Lipinski definition) is 1. The normalized spacial score (nSPS) is 15.3. The number of benzene rings is 2. The third-order valence-corrected chi connectivity index (χ3v) is 5.13. The third-order valence-electron chi connectivity index (χ3n) is 5.13. The number of ether oxygens (including phenoxy) is 1. The summed E-state index contributed by atoms with van der Waals surface area (Å²) in [6.45, 7) is 5.99. The van der Waals surface area contributed by atoms with Crippen LogP contribution < -0.4 is 10.2 Å². The summed E-state index contributed by atoms with van der Waals surface area (Å²) in [4.78, 5) is 22.3. The first-order chi connectivity index (χ1) is 14.5. The maximum absolute atomic E-state index is 11.4. The molecule has 0 amide bonds. The average Bonchev–Trinajstić information content (AvgIpc) is 2.75. The van der Waals surface area contributed by atoms with Crippen LogP contribution >= 0.6 is 0 Å². The number of likely N-dealkylation sites (N-methyl/N-ethyl adjacent to an activating group) is 1. The quantitative estimate of drug-likeness (QED) is 0.491. The molecule has 1 aliphatic rings. The lowest BCUT2D eigenvalue weighted by Crippen LogP contribution is -2.47. The Kier molecular flexibility index (Phi) is 5.73. The van der Waals surface area contributed by atoms with Crippen LogP contribution in [0.3, 0.4) is 0 Å². The van der Waals surface area contributed by atoms with Gasteiger partial charge in [-0.3, -0.25) is 15.5 Å². The van der Waals surface area contributed by atoms with Crippen LogP contribution in [-0.2, 0) is 0 Å². The number of nitrogens with one attached hydrogen (secondary N) is 1. The van der Waals surface area contributed by atoms with Crippen LogP contribution in [0, 0.1) is 10.1 Å². The first-order valence-electron chi connectivity index (χ1n) is 9.92. The standard InChI is InChI=1S/C21H24N6O3/c1-3-30-20-7-5-16(13-19(20)27(28)29)15-4-6-18-17(12-15)14-22-21(23-18)24-26-10-8-25(2)9-11-26/h4-7,12-14H,3,8-11H2,1-2H3,(H,22,23,24). The molecule has 1 fully saturated rings. The van der Waals surface area contributed by atoms with Crippen molar-refractivity contribution in [3.8, 4) is 16.9 Å². The molecule has 9 nitrogen and oxygen atoms in total. The first-order valence-corrected chi connectivity index (χ1v) is 9.92. The van der Waals surface area contributed by atoms with Gasteiger partial charge < -0.3 is 9.64 Å². The highest BCUT2D eigenvalue weighted by molar-refractivity contribution is 5.85. The number of anilines is 1. The molecule has 30 heavy (non-hydrogen) atoms. The number of rotatable bonds is 6. The van der Waals surface area contributed by atoms with E-state index in [0.29, 0.717) is 12.6 Å². The number of nitro groups is 1. The fraction of sp³-hybridized carbons (Fsp3) is 0.333. The van der Waals surface area contributed by atoms with Crippen LogP contribution in [0.1, 0.15) is 6.92 Å². The van der Waals surface area contributed by atoms with Crippen LogP contribution in [0.15, 0.2) is 42.6 Å². The van der Waals surface area contributed by atoms with Gasteiger partial charge >= 0.3 is 5.69 Å². The fourth-order valence-corrected chi connectivity index (χ4v) is 3.44. The summed E-state index contributed by atoms with van der Waals surface area (Å²) < 4.78 is 5.37. The third kappa shape index (κ3) is 4.32. The monoisotopic (exact) mass is 408 g/mol. The van der Waals surface area contributed by atoms with E-state index >= 15 is 0 Å². The zero-order valence-electron chi connectivity index (χ0n) is 17.0. The topological polar surface area (TPSA) is 96.7 Å². The molecule has 1 saturated heterocycles. The molecule has 0 spiro atoms. The van der Waals surface area contributed by atoms with Gasteiger partial charge in [-0.1, -0.05) is 12.1 Å². The Labute approximate surface area is 174 Å². The van der Waals surface area contributed by atoms with Crippen molar-refractivity contribution in [2.75, 3.05) is 45.3 Å². The van der Waals surface area contributed by atoms with Crippen LogP contribution in [-0.4, -0.2) is 64.6 Å². The van der Waals surface area contributed by atoms with Gasteiger partial charge in [-0.2, -0.15) is 0 Å². The Balaban J connectivity index is 1.58. The summed E-state index contributed by atoms with van der Waals surface area (Å²) in [5.74, 6) is 0.839. The Bertz CT molecular complexity index is 1070. The maximum Gasteiger partial charge on any atom is 0.311 e. The van der Waals surface area contributed by atoms with Gasteiger partial charge in [-0.25, -0.2) is 15.0 Å². The smallest absolute Gasteiger partial charge is 0.311 e. The molecule has 1 N–H and O–H groups in total. The van der Waals surface area contributed by atoms with Crippen molar-refractivity contribution >= 4 is 22.5 Å². The second-order valence-electron chi connectivity index (χ2n) is 7.24. The Morgan fingerprint density at radius 1 is 1.13 bits per heavy atom.